The first-order chi connectivity index (χ1) is 16.6. The molecule has 0 atom stereocenters. The first kappa shape index (κ1) is 26.2. The van der Waals surface area contributed by atoms with Gasteiger partial charge in [0.1, 0.15) is 5.75 Å². The van der Waals surface area contributed by atoms with Crippen molar-refractivity contribution in [2.45, 2.75) is 13.1 Å². The molecule has 0 saturated carbocycles. The Balaban J connectivity index is 1.67. The van der Waals surface area contributed by atoms with E-state index < -0.39 is 23.6 Å². The van der Waals surface area contributed by atoms with Crippen molar-refractivity contribution in [3.05, 3.63) is 87.9 Å². The van der Waals surface area contributed by atoms with E-state index in [0.29, 0.717) is 22.5 Å². The van der Waals surface area contributed by atoms with Crippen LogP contribution >= 0.6 is 28.1 Å². The lowest BCUT2D eigenvalue weighted by Gasteiger charge is -2.13. The number of hydrogen-bond acceptors (Lipinski definition) is 4. The minimum absolute atomic E-state index is 0.00472. The number of benzene rings is 3. The minimum Gasteiger partial charge on any atom is -0.493 e. The second kappa shape index (κ2) is 11.3. The third-order valence-corrected chi connectivity index (χ3v) is 5.24. The van der Waals surface area contributed by atoms with E-state index in [0.717, 1.165) is 12.1 Å². The molecule has 3 aromatic rings. The summed E-state index contributed by atoms with van der Waals surface area (Å²) in [5.41, 5.74) is -0.0205. The summed E-state index contributed by atoms with van der Waals surface area (Å²) in [5.74, 6) is -0.714. The molecule has 2 amide bonds. The summed E-state index contributed by atoms with van der Waals surface area (Å²) in [6.07, 6.45) is -4.52. The second-order valence-corrected chi connectivity index (χ2v) is 8.42. The summed E-state index contributed by atoms with van der Waals surface area (Å²) in [7, 11) is 0. The fraction of sp³-hybridized carbons (Fsp3) is 0.125. The van der Waals surface area contributed by atoms with Gasteiger partial charge in [0.2, 0.25) is 0 Å². The Kier molecular flexibility index (Phi) is 8.47. The van der Waals surface area contributed by atoms with Crippen LogP contribution in [-0.2, 0) is 6.18 Å². The van der Waals surface area contributed by atoms with E-state index >= 15 is 0 Å². The van der Waals surface area contributed by atoms with Crippen LogP contribution in [-0.4, -0.2) is 23.5 Å². The van der Waals surface area contributed by atoms with Crippen molar-refractivity contribution in [3.63, 3.8) is 0 Å². The molecule has 0 aromatic heterocycles. The molecular formula is C24H19BrF3N3O3S. The number of carbonyl (C=O) groups is 2. The van der Waals surface area contributed by atoms with E-state index in [2.05, 4.69) is 31.9 Å². The quantitative estimate of drug-likeness (QED) is 0.308. The van der Waals surface area contributed by atoms with Crippen molar-refractivity contribution in [1.82, 2.24) is 5.32 Å². The summed E-state index contributed by atoms with van der Waals surface area (Å²) >= 11 is 8.53. The van der Waals surface area contributed by atoms with Gasteiger partial charge in [0.05, 0.1) is 17.7 Å². The van der Waals surface area contributed by atoms with Gasteiger partial charge in [-0.3, -0.25) is 14.9 Å². The number of ether oxygens (including phenoxy) is 1. The highest BCUT2D eigenvalue weighted by Gasteiger charge is 2.30. The highest BCUT2D eigenvalue weighted by molar-refractivity contribution is 9.10. The van der Waals surface area contributed by atoms with Crippen molar-refractivity contribution in [2.24, 2.45) is 0 Å². The van der Waals surface area contributed by atoms with Gasteiger partial charge in [0.25, 0.3) is 11.8 Å². The number of nitrogens with one attached hydrogen (secondary N) is 3. The highest BCUT2D eigenvalue weighted by Crippen LogP contribution is 2.30. The molecule has 11 heteroatoms. The topological polar surface area (TPSA) is 79.5 Å². The van der Waals surface area contributed by atoms with E-state index in [-0.39, 0.29) is 21.9 Å². The molecule has 0 aliphatic heterocycles. The standard InChI is InChI=1S/C24H19BrF3N3O3S/c1-2-34-20-10-9-16(25)13-19(20)22(33)31-23(35)30-17-7-3-5-14(11-17)21(32)29-18-8-4-6-15(12-18)24(26,27)28/h3-13H,2H2,1H3,(H,29,32)(H2,30,31,33,35). The van der Waals surface area contributed by atoms with Gasteiger partial charge in [-0.15, -0.1) is 0 Å². The maximum Gasteiger partial charge on any atom is 0.416 e. The zero-order valence-electron chi connectivity index (χ0n) is 18.2. The monoisotopic (exact) mass is 565 g/mol. The Morgan fingerprint density at radius 3 is 2.31 bits per heavy atom. The fourth-order valence-electron chi connectivity index (χ4n) is 3.01. The van der Waals surface area contributed by atoms with Gasteiger partial charge in [-0.05, 0) is 73.7 Å². The summed E-state index contributed by atoms with van der Waals surface area (Å²) < 4.78 is 44.9. The first-order valence-corrected chi connectivity index (χ1v) is 11.4. The van der Waals surface area contributed by atoms with Crippen molar-refractivity contribution in [1.29, 1.82) is 0 Å². The Bertz CT molecular complexity index is 1270. The lowest BCUT2D eigenvalue weighted by molar-refractivity contribution is -0.137. The number of alkyl halides is 3. The largest absolute Gasteiger partial charge is 0.493 e. The predicted octanol–water partition coefficient (Wildman–Crippen LogP) is 6.25. The zero-order valence-corrected chi connectivity index (χ0v) is 20.6. The average molecular weight is 566 g/mol. The fourth-order valence-corrected chi connectivity index (χ4v) is 3.58. The van der Waals surface area contributed by atoms with Crippen LogP contribution in [0.5, 0.6) is 5.75 Å². The second-order valence-electron chi connectivity index (χ2n) is 7.10. The van der Waals surface area contributed by atoms with Crippen LogP contribution < -0.4 is 20.7 Å². The minimum atomic E-state index is -4.52. The molecule has 0 heterocycles. The molecule has 3 rings (SSSR count). The molecule has 3 N–H and O–H groups in total. The van der Waals surface area contributed by atoms with Crippen molar-refractivity contribution in [2.75, 3.05) is 17.2 Å². The van der Waals surface area contributed by atoms with E-state index in [1.54, 1.807) is 37.3 Å². The molecule has 182 valence electrons. The molecule has 0 unspecified atom stereocenters. The van der Waals surface area contributed by atoms with Gasteiger partial charge in [-0.1, -0.05) is 28.1 Å². The van der Waals surface area contributed by atoms with Crippen LogP contribution in [0.2, 0.25) is 0 Å². The van der Waals surface area contributed by atoms with E-state index in [4.69, 9.17) is 17.0 Å². The summed E-state index contributed by atoms with van der Waals surface area (Å²) in [4.78, 5) is 25.3. The predicted molar refractivity (Wildman–Crippen MR) is 135 cm³/mol. The Labute approximate surface area is 213 Å². The Hall–Kier alpha value is -3.44. The molecule has 0 bridgehead atoms. The normalized spacial score (nSPS) is 10.9. The Morgan fingerprint density at radius 2 is 1.63 bits per heavy atom. The van der Waals surface area contributed by atoms with Crippen molar-refractivity contribution < 1.29 is 27.5 Å². The molecule has 0 saturated heterocycles. The van der Waals surface area contributed by atoms with Gasteiger partial charge in [0, 0.05) is 21.4 Å². The number of halogens is 4. The first-order valence-electron chi connectivity index (χ1n) is 10.2. The van der Waals surface area contributed by atoms with Crippen LogP contribution in [0.25, 0.3) is 0 Å². The van der Waals surface area contributed by atoms with E-state index in [1.807, 2.05) is 0 Å². The van der Waals surface area contributed by atoms with Crippen molar-refractivity contribution in [3.8, 4) is 5.75 Å². The molecule has 0 fully saturated rings. The number of hydrogen-bond donors (Lipinski definition) is 3. The maximum absolute atomic E-state index is 12.9. The van der Waals surface area contributed by atoms with Gasteiger partial charge in [0.15, 0.2) is 5.11 Å². The molecule has 3 aromatic carbocycles. The number of thiocarbonyl (C=S) groups is 1. The van der Waals surface area contributed by atoms with E-state index in [9.17, 15) is 22.8 Å². The third kappa shape index (κ3) is 7.27. The maximum atomic E-state index is 12.9. The lowest BCUT2D eigenvalue weighted by atomic mass is 10.1. The SMILES string of the molecule is CCOc1ccc(Br)cc1C(=O)NC(=S)Nc1cccc(C(=O)Nc2cccc(C(F)(F)F)c2)c1. The molecule has 0 aliphatic rings. The van der Waals surface area contributed by atoms with E-state index in [1.165, 1.54) is 24.3 Å². The molecular weight excluding hydrogens is 547 g/mol. The number of carbonyl (C=O) groups excluding carboxylic acids is 2. The number of rotatable bonds is 6. The number of anilines is 2. The third-order valence-electron chi connectivity index (χ3n) is 4.54. The molecule has 6 nitrogen and oxygen atoms in total. The lowest BCUT2D eigenvalue weighted by Crippen LogP contribution is -2.34. The van der Waals surface area contributed by atoms with Gasteiger partial charge >= 0.3 is 6.18 Å². The molecule has 35 heavy (non-hydrogen) atoms. The Morgan fingerprint density at radius 1 is 0.943 bits per heavy atom. The summed E-state index contributed by atoms with van der Waals surface area (Å²) in [5, 5.41) is 7.79. The smallest absolute Gasteiger partial charge is 0.416 e. The van der Waals surface area contributed by atoms with Gasteiger partial charge in [-0.25, -0.2) is 0 Å². The van der Waals surface area contributed by atoms with Crippen molar-refractivity contribution >= 4 is 56.4 Å². The highest BCUT2D eigenvalue weighted by atomic mass is 79.9. The van der Waals surface area contributed by atoms with Crippen LogP contribution in [0.1, 0.15) is 33.2 Å². The molecule has 0 aliphatic carbocycles. The number of amides is 2. The molecule has 0 spiro atoms. The van der Waals surface area contributed by atoms with Crippen LogP contribution in [0, 0.1) is 0 Å². The summed E-state index contributed by atoms with van der Waals surface area (Å²) in [6.45, 7) is 2.17. The van der Waals surface area contributed by atoms with Gasteiger partial charge in [-0.2, -0.15) is 13.2 Å². The van der Waals surface area contributed by atoms with Crippen LogP contribution in [0.15, 0.2) is 71.2 Å². The zero-order chi connectivity index (χ0) is 25.6. The van der Waals surface area contributed by atoms with Gasteiger partial charge < -0.3 is 15.4 Å². The average Bonchev–Trinajstić information content (AvgIpc) is 2.80. The molecule has 0 radical (unpaired) electrons. The van der Waals surface area contributed by atoms with Crippen LogP contribution in [0.3, 0.4) is 0 Å². The van der Waals surface area contributed by atoms with Crippen LogP contribution in [0.4, 0.5) is 24.5 Å². The summed E-state index contributed by atoms with van der Waals surface area (Å²) in [6, 6.07) is 15.5.